The van der Waals surface area contributed by atoms with E-state index < -0.39 is 8.07 Å². The van der Waals surface area contributed by atoms with Crippen LogP contribution in [0.3, 0.4) is 0 Å². The molecule has 0 bridgehead atoms. The summed E-state index contributed by atoms with van der Waals surface area (Å²) in [6.45, 7) is 9.13. The smallest absolute Gasteiger partial charge is 0.0784 e. The minimum absolute atomic E-state index is 0.161. The molecule has 0 radical (unpaired) electrons. The lowest BCUT2D eigenvalue weighted by Crippen LogP contribution is -2.24. The third kappa shape index (κ3) is 3.04. The summed E-state index contributed by atoms with van der Waals surface area (Å²) in [6.07, 6.45) is 0. The van der Waals surface area contributed by atoms with Crippen molar-refractivity contribution in [2.75, 3.05) is 6.61 Å². The molecule has 0 aromatic heterocycles. The van der Waals surface area contributed by atoms with E-state index in [1.54, 1.807) is 0 Å². The molecular weight excluding hydrogens is 200 g/mol. The largest absolute Gasteiger partial charge is 0.392 e. The molecule has 0 aliphatic heterocycles. The molecule has 82 valence electrons. The molecule has 0 saturated carbocycles. The number of hydrogen-bond donors (Lipinski definition) is 1. The summed E-state index contributed by atoms with van der Waals surface area (Å²) in [5.41, 5.74) is 2.38. The van der Waals surface area contributed by atoms with Crippen molar-refractivity contribution in [2.24, 2.45) is 0 Å². The highest BCUT2D eigenvalue weighted by atomic mass is 28.3. The van der Waals surface area contributed by atoms with Crippen molar-refractivity contribution in [1.82, 2.24) is 0 Å². The van der Waals surface area contributed by atoms with E-state index in [2.05, 4.69) is 43.9 Å². The fourth-order valence-corrected chi connectivity index (χ4v) is 4.40. The molecule has 1 rings (SSSR count). The van der Waals surface area contributed by atoms with Crippen LogP contribution in [-0.2, 0) is 0 Å². The monoisotopic (exact) mass is 220 g/mol. The van der Waals surface area contributed by atoms with Gasteiger partial charge >= 0.3 is 0 Å². The molecule has 0 aliphatic rings. The van der Waals surface area contributed by atoms with E-state index in [0.717, 1.165) is 5.57 Å². The van der Waals surface area contributed by atoms with Crippen LogP contribution in [0, 0.1) is 0 Å². The molecule has 1 aromatic rings. The highest BCUT2D eigenvalue weighted by molar-refractivity contribution is 6.93. The zero-order valence-corrected chi connectivity index (χ0v) is 11.0. The quantitative estimate of drug-likeness (QED) is 0.775. The molecule has 0 spiro atoms. The molecule has 2 heteroatoms. The maximum Gasteiger partial charge on any atom is 0.0784 e. The Balaban J connectivity index is 3.27. The molecule has 0 heterocycles. The lowest BCUT2D eigenvalue weighted by Gasteiger charge is -2.24. The van der Waals surface area contributed by atoms with Crippen LogP contribution in [0.4, 0.5) is 0 Å². The van der Waals surface area contributed by atoms with Crippen molar-refractivity contribution in [3.63, 3.8) is 0 Å². The van der Waals surface area contributed by atoms with Crippen molar-refractivity contribution in [3.8, 4) is 0 Å². The molecule has 15 heavy (non-hydrogen) atoms. The summed E-state index contributed by atoms with van der Waals surface area (Å²) in [4.78, 5) is 0. The van der Waals surface area contributed by atoms with Crippen molar-refractivity contribution in [2.45, 2.75) is 26.6 Å². The first-order chi connectivity index (χ1) is 6.96. The van der Waals surface area contributed by atoms with E-state index in [0.29, 0.717) is 0 Å². The predicted octanol–water partition coefficient (Wildman–Crippen LogP) is 3.33. The van der Waals surface area contributed by atoms with Crippen LogP contribution in [0.5, 0.6) is 0 Å². The van der Waals surface area contributed by atoms with Gasteiger partial charge in [0, 0.05) is 0 Å². The van der Waals surface area contributed by atoms with Gasteiger partial charge in [-0.3, -0.25) is 0 Å². The highest BCUT2D eigenvalue weighted by Gasteiger charge is 2.22. The molecule has 0 saturated heterocycles. The average molecular weight is 220 g/mol. The molecule has 1 nitrogen and oxygen atoms in total. The minimum atomic E-state index is -1.39. The molecule has 0 aliphatic carbocycles. The van der Waals surface area contributed by atoms with E-state index in [9.17, 15) is 5.11 Å². The molecule has 1 aromatic carbocycles. The summed E-state index contributed by atoms with van der Waals surface area (Å²) in [6, 6.07) is 10.4. The van der Waals surface area contributed by atoms with Gasteiger partial charge in [0.25, 0.3) is 0 Å². The van der Waals surface area contributed by atoms with E-state index in [-0.39, 0.29) is 6.61 Å². The number of aliphatic hydroxyl groups excluding tert-OH is 1. The van der Waals surface area contributed by atoms with Crippen LogP contribution in [0.1, 0.15) is 12.5 Å². The van der Waals surface area contributed by atoms with E-state index >= 15 is 0 Å². The Hall–Kier alpha value is -0.863. The molecule has 0 unspecified atom stereocenters. The molecule has 1 N–H and O–H groups in total. The van der Waals surface area contributed by atoms with Gasteiger partial charge in [-0.15, -0.1) is 0 Å². The third-order valence-corrected chi connectivity index (χ3v) is 4.69. The standard InChI is InChI=1S/C13H20OSi/c1-11(10-14)13(15(2,3)4)12-8-6-5-7-9-12/h5-9,14H,10H2,1-4H3/b13-11-. The van der Waals surface area contributed by atoms with Crippen LogP contribution in [0.15, 0.2) is 35.9 Å². The lowest BCUT2D eigenvalue weighted by molar-refractivity contribution is 0.332. The second-order valence-electron chi connectivity index (χ2n) is 4.93. The van der Waals surface area contributed by atoms with E-state index in [1.807, 2.05) is 13.0 Å². The topological polar surface area (TPSA) is 20.2 Å². The van der Waals surface area contributed by atoms with Gasteiger partial charge in [0.2, 0.25) is 0 Å². The number of rotatable bonds is 3. The average Bonchev–Trinajstić information content (AvgIpc) is 2.17. The third-order valence-electron chi connectivity index (χ3n) is 2.48. The van der Waals surface area contributed by atoms with Crippen LogP contribution < -0.4 is 0 Å². The van der Waals surface area contributed by atoms with E-state index in [1.165, 1.54) is 10.8 Å². The molecule has 0 fully saturated rings. The Morgan fingerprint density at radius 1 is 1.13 bits per heavy atom. The number of aliphatic hydroxyl groups is 1. The summed E-state index contributed by atoms with van der Waals surface area (Å²) in [5.74, 6) is 0. The molecular formula is C13H20OSi. The van der Waals surface area contributed by atoms with Crippen molar-refractivity contribution in [3.05, 3.63) is 41.5 Å². The van der Waals surface area contributed by atoms with Crippen molar-refractivity contribution < 1.29 is 5.11 Å². The summed E-state index contributed by atoms with van der Waals surface area (Å²) in [7, 11) is -1.39. The Kier molecular flexibility index (Phi) is 3.88. The lowest BCUT2D eigenvalue weighted by atomic mass is 10.1. The fourth-order valence-electron chi connectivity index (χ4n) is 2.00. The first kappa shape index (κ1) is 12.2. The van der Waals surface area contributed by atoms with E-state index in [4.69, 9.17) is 0 Å². The zero-order valence-electron chi connectivity index (χ0n) is 10.0. The summed E-state index contributed by atoms with van der Waals surface area (Å²) in [5, 5.41) is 10.7. The Morgan fingerprint density at radius 2 is 1.67 bits per heavy atom. The maximum atomic E-state index is 9.29. The molecule has 0 amide bonds. The highest BCUT2D eigenvalue weighted by Crippen LogP contribution is 2.28. The maximum absolute atomic E-state index is 9.29. The fraction of sp³-hybridized carbons (Fsp3) is 0.385. The second-order valence-corrected chi connectivity index (χ2v) is 9.93. The SMILES string of the molecule is C/C(CO)=C(\c1ccccc1)[Si](C)(C)C. The van der Waals surface area contributed by atoms with Gasteiger partial charge in [-0.25, -0.2) is 0 Å². The van der Waals surface area contributed by atoms with Gasteiger partial charge in [-0.1, -0.05) is 55.2 Å². The Morgan fingerprint density at radius 3 is 2.07 bits per heavy atom. The minimum Gasteiger partial charge on any atom is -0.392 e. The van der Waals surface area contributed by atoms with Gasteiger partial charge in [0.15, 0.2) is 0 Å². The van der Waals surface area contributed by atoms with Gasteiger partial charge in [0.1, 0.15) is 0 Å². The Bertz CT molecular complexity index is 347. The van der Waals surface area contributed by atoms with Gasteiger partial charge in [0.05, 0.1) is 14.7 Å². The first-order valence-corrected chi connectivity index (χ1v) is 8.83. The second kappa shape index (κ2) is 4.77. The van der Waals surface area contributed by atoms with Crippen LogP contribution >= 0.6 is 0 Å². The van der Waals surface area contributed by atoms with Gasteiger partial charge < -0.3 is 5.11 Å². The predicted molar refractivity (Wildman–Crippen MR) is 69.5 cm³/mol. The summed E-state index contributed by atoms with van der Waals surface area (Å²) >= 11 is 0. The number of benzene rings is 1. The van der Waals surface area contributed by atoms with Crippen LogP contribution in [-0.4, -0.2) is 19.8 Å². The first-order valence-electron chi connectivity index (χ1n) is 5.33. The van der Waals surface area contributed by atoms with Crippen LogP contribution in [0.25, 0.3) is 5.20 Å². The normalized spacial score (nSPS) is 13.7. The Labute approximate surface area is 93.5 Å². The van der Waals surface area contributed by atoms with Gasteiger partial charge in [-0.05, 0) is 18.1 Å². The van der Waals surface area contributed by atoms with Crippen molar-refractivity contribution in [1.29, 1.82) is 0 Å². The van der Waals surface area contributed by atoms with Gasteiger partial charge in [-0.2, -0.15) is 0 Å². The van der Waals surface area contributed by atoms with Crippen LogP contribution in [0.2, 0.25) is 19.6 Å². The number of hydrogen-bond acceptors (Lipinski definition) is 1. The zero-order chi connectivity index (χ0) is 11.5. The summed E-state index contributed by atoms with van der Waals surface area (Å²) < 4.78 is 0. The van der Waals surface area contributed by atoms with Crippen molar-refractivity contribution >= 4 is 13.3 Å². The molecule has 0 atom stereocenters.